The highest BCUT2D eigenvalue weighted by Crippen LogP contribution is 2.23. The second-order valence-corrected chi connectivity index (χ2v) is 4.09. The Bertz CT molecular complexity index is 379. The molecule has 0 aliphatic carbocycles. The van der Waals surface area contributed by atoms with E-state index in [1.54, 1.807) is 12.1 Å². The van der Waals surface area contributed by atoms with Crippen LogP contribution in [0, 0.1) is 12.3 Å². The van der Waals surface area contributed by atoms with Crippen molar-refractivity contribution >= 4 is 17.7 Å². The van der Waals surface area contributed by atoms with Crippen LogP contribution in [0.2, 0.25) is 0 Å². The summed E-state index contributed by atoms with van der Waals surface area (Å²) in [5.41, 5.74) is 0.364. The standard InChI is InChI=1S/C12H12O2S/c1-2-3-6-9-15-11-8-5-4-7-10(11)12(13)14/h1,4-5,7-8H,3,6,9H2,(H,13,14). The van der Waals surface area contributed by atoms with Crippen LogP contribution in [0.1, 0.15) is 23.2 Å². The molecule has 0 bridgehead atoms. The summed E-state index contributed by atoms with van der Waals surface area (Å²) in [7, 11) is 0. The van der Waals surface area contributed by atoms with Crippen molar-refractivity contribution in [2.45, 2.75) is 17.7 Å². The first-order valence-electron chi connectivity index (χ1n) is 4.64. The van der Waals surface area contributed by atoms with Gasteiger partial charge >= 0.3 is 5.97 Å². The van der Waals surface area contributed by atoms with Gasteiger partial charge in [0.05, 0.1) is 5.56 Å². The van der Waals surface area contributed by atoms with Crippen molar-refractivity contribution in [3.8, 4) is 12.3 Å². The molecule has 0 aliphatic heterocycles. The summed E-state index contributed by atoms with van der Waals surface area (Å²) in [6.45, 7) is 0. The van der Waals surface area contributed by atoms with E-state index in [4.69, 9.17) is 11.5 Å². The molecule has 0 unspecified atom stereocenters. The van der Waals surface area contributed by atoms with E-state index in [1.165, 1.54) is 11.8 Å². The maximum absolute atomic E-state index is 10.9. The zero-order valence-electron chi connectivity index (χ0n) is 8.27. The van der Waals surface area contributed by atoms with Gasteiger partial charge in [-0.3, -0.25) is 0 Å². The molecule has 2 nitrogen and oxygen atoms in total. The van der Waals surface area contributed by atoms with E-state index < -0.39 is 5.97 Å². The number of carboxylic acid groups (broad SMARTS) is 1. The summed E-state index contributed by atoms with van der Waals surface area (Å²) in [6, 6.07) is 7.01. The predicted octanol–water partition coefficient (Wildman–Crippen LogP) is 2.89. The van der Waals surface area contributed by atoms with Gasteiger partial charge in [0.2, 0.25) is 0 Å². The molecule has 1 rings (SSSR count). The number of carboxylic acids is 1. The van der Waals surface area contributed by atoms with Gasteiger partial charge in [-0.15, -0.1) is 24.1 Å². The Labute approximate surface area is 93.7 Å². The molecule has 1 aromatic carbocycles. The predicted molar refractivity (Wildman–Crippen MR) is 62.2 cm³/mol. The van der Waals surface area contributed by atoms with Gasteiger partial charge in [0.1, 0.15) is 0 Å². The van der Waals surface area contributed by atoms with Gasteiger partial charge < -0.3 is 5.11 Å². The van der Waals surface area contributed by atoms with E-state index in [-0.39, 0.29) is 0 Å². The van der Waals surface area contributed by atoms with Crippen LogP contribution in [0.5, 0.6) is 0 Å². The average molecular weight is 220 g/mol. The van der Waals surface area contributed by atoms with Crippen LogP contribution in [-0.4, -0.2) is 16.8 Å². The molecule has 15 heavy (non-hydrogen) atoms. The first-order valence-corrected chi connectivity index (χ1v) is 5.63. The quantitative estimate of drug-likeness (QED) is 0.471. The van der Waals surface area contributed by atoms with Crippen molar-refractivity contribution < 1.29 is 9.90 Å². The van der Waals surface area contributed by atoms with E-state index in [1.807, 2.05) is 12.1 Å². The molecule has 0 atom stereocenters. The Morgan fingerprint density at radius 1 is 1.47 bits per heavy atom. The second-order valence-electron chi connectivity index (χ2n) is 2.96. The molecule has 78 valence electrons. The fraction of sp³-hybridized carbons (Fsp3) is 0.250. The van der Waals surface area contributed by atoms with E-state index in [0.717, 1.165) is 23.5 Å². The number of benzene rings is 1. The van der Waals surface area contributed by atoms with E-state index in [0.29, 0.717) is 5.56 Å². The number of carbonyl (C=O) groups is 1. The summed E-state index contributed by atoms with van der Waals surface area (Å²) < 4.78 is 0. The number of hydrogen-bond donors (Lipinski definition) is 1. The van der Waals surface area contributed by atoms with Crippen LogP contribution in [0.3, 0.4) is 0 Å². The minimum Gasteiger partial charge on any atom is -0.478 e. The number of thioether (sulfide) groups is 1. The molecular weight excluding hydrogens is 208 g/mol. The summed E-state index contributed by atoms with van der Waals surface area (Å²) in [5.74, 6) is 2.54. The molecular formula is C12H12O2S. The number of terminal acetylenes is 1. The zero-order chi connectivity index (χ0) is 11.1. The number of rotatable bonds is 5. The van der Waals surface area contributed by atoms with Crippen molar-refractivity contribution in [1.29, 1.82) is 0 Å². The molecule has 0 heterocycles. The highest BCUT2D eigenvalue weighted by Gasteiger charge is 2.08. The number of hydrogen-bond acceptors (Lipinski definition) is 2. The van der Waals surface area contributed by atoms with Crippen LogP contribution >= 0.6 is 11.8 Å². The molecule has 0 radical (unpaired) electrons. The van der Waals surface area contributed by atoms with Crippen LogP contribution in [0.4, 0.5) is 0 Å². The lowest BCUT2D eigenvalue weighted by Crippen LogP contribution is -1.98. The molecule has 0 fully saturated rings. The van der Waals surface area contributed by atoms with Crippen molar-refractivity contribution in [1.82, 2.24) is 0 Å². The van der Waals surface area contributed by atoms with Gasteiger partial charge in [-0.25, -0.2) is 4.79 Å². The Balaban J connectivity index is 2.60. The Hall–Kier alpha value is -1.40. The Kier molecular flexibility index (Phi) is 4.79. The van der Waals surface area contributed by atoms with Crippen LogP contribution in [0.25, 0.3) is 0 Å². The van der Waals surface area contributed by atoms with Crippen molar-refractivity contribution in [3.63, 3.8) is 0 Å². The molecule has 0 amide bonds. The van der Waals surface area contributed by atoms with Crippen molar-refractivity contribution in [2.75, 3.05) is 5.75 Å². The lowest BCUT2D eigenvalue weighted by molar-refractivity contribution is 0.0693. The van der Waals surface area contributed by atoms with Crippen LogP contribution in [-0.2, 0) is 0 Å². The first kappa shape index (κ1) is 11.7. The molecule has 3 heteroatoms. The summed E-state index contributed by atoms with van der Waals surface area (Å²) in [6.07, 6.45) is 6.78. The maximum atomic E-state index is 10.9. The highest BCUT2D eigenvalue weighted by atomic mass is 32.2. The maximum Gasteiger partial charge on any atom is 0.336 e. The van der Waals surface area contributed by atoms with Gasteiger partial charge in [-0.1, -0.05) is 12.1 Å². The lowest BCUT2D eigenvalue weighted by Gasteiger charge is -2.04. The molecule has 0 aromatic heterocycles. The molecule has 0 saturated heterocycles. The highest BCUT2D eigenvalue weighted by molar-refractivity contribution is 7.99. The topological polar surface area (TPSA) is 37.3 Å². The van der Waals surface area contributed by atoms with Gasteiger partial charge in [0.15, 0.2) is 0 Å². The van der Waals surface area contributed by atoms with Gasteiger partial charge in [-0.2, -0.15) is 0 Å². The van der Waals surface area contributed by atoms with Crippen LogP contribution in [0.15, 0.2) is 29.2 Å². The number of unbranched alkanes of at least 4 members (excludes halogenated alkanes) is 1. The van der Waals surface area contributed by atoms with Crippen molar-refractivity contribution in [2.24, 2.45) is 0 Å². The van der Waals surface area contributed by atoms with Gasteiger partial charge in [0.25, 0.3) is 0 Å². The third-order valence-electron chi connectivity index (χ3n) is 1.84. The van der Waals surface area contributed by atoms with E-state index in [2.05, 4.69) is 5.92 Å². The SMILES string of the molecule is C#CCCCSc1ccccc1C(=O)O. The Morgan fingerprint density at radius 3 is 2.87 bits per heavy atom. The molecule has 0 saturated carbocycles. The minimum absolute atomic E-state index is 0.364. The van der Waals surface area contributed by atoms with Crippen molar-refractivity contribution in [3.05, 3.63) is 29.8 Å². The summed E-state index contributed by atoms with van der Waals surface area (Å²) >= 11 is 1.54. The van der Waals surface area contributed by atoms with E-state index in [9.17, 15) is 4.79 Å². The average Bonchev–Trinajstić information content (AvgIpc) is 2.25. The monoisotopic (exact) mass is 220 g/mol. The molecule has 0 spiro atoms. The largest absolute Gasteiger partial charge is 0.478 e. The lowest BCUT2D eigenvalue weighted by atomic mass is 10.2. The van der Waals surface area contributed by atoms with Gasteiger partial charge in [0, 0.05) is 11.3 Å². The molecule has 1 aromatic rings. The summed E-state index contributed by atoms with van der Waals surface area (Å²) in [4.78, 5) is 11.7. The Morgan fingerprint density at radius 2 is 2.20 bits per heavy atom. The second kappa shape index (κ2) is 6.15. The normalized spacial score (nSPS) is 9.53. The fourth-order valence-corrected chi connectivity index (χ4v) is 2.12. The number of aromatic carboxylic acids is 1. The molecule has 1 N–H and O–H groups in total. The molecule has 0 aliphatic rings. The van der Waals surface area contributed by atoms with Crippen LogP contribution < -0.4 is 0 Å². The minimum atomic E-state index is -0.880. The first-order chi connectivity index (χ1) is 7.25. The third-order valence-corrected chi connectivity index (χ3v) is 3.00. The fourth-order valence-electron chi connectivity index (χ4n) is 1.13. The third kappa shape index (κ3) is 3.69. The summed E-state index contributed by atoms with van der Waals surface area (Å²) in [5, 5.41) is 8.92. The zero-order valence-corrected chi connectivity index (χ0v) is 9.09. The smallest absolute Gasteiger partial charge is 0.336 e. The van der Waals surface area contributed by atoms with Gasteiger partial charge in [-0.05, 0) is 24.3 Å². The van der Waals surface area contributed by atoms with E-state index >= 15 is 0 Å².